The van der Waals surface area contributed by atoms with Gasteiger partial charge in [0, 0.05) is 17.4 Å². The Kier molecular flexibility index (Phi) is 3.05. The van der Waals surface area contributed by atoms with E-state index in [1.54, 1.807) is 12.1 Å². The smallest absolute Gasteiger partial charge is 0.227 e. The summed E-state index contributed by atoms with van der Waals surface area (Å²) < 4.78 is 14.3. The largest absolute Gasteiger partial charge is 0.310 e. The average Bonchev–Trinajstić information content (AvgIpc) is 2.23. The summed E-state index contributed by atoms with van der Waals surface area (Å²) in [6, 6.07) is 4.66. The van der Waals surface area contributed by atoms with Gasteiger partial charge in [0.25, 0.3) is 0 Å². The second-order valence-corrected chi connectivity index (χ2v) is 4.51. The van der Waals surface area contributed by atoms with Gasteiger partial charge in [-0.1, -0.05) is 15.9 Å². The van der Waals surface area contributed by atoms with Gasteiger partial charge in [0.2, 0.25) is 5.91 Å². The second kappa shape index (κ2) is 4.31. The van der Waals surface area contributed by atoms with Gasteiger partial charge >= 0.3 is 0 Å². The van der Waals surface area contributed by atoms with Gasteiger partial charge in [0.1, 0.15) is 5.82 Å². The maximum atomic E-state index is 13.5. The first kappa shape index (κ1) is 10.6. The van der Waals surface area contributed by atoms with Crippen molar-refractivity contribution < 1.29 is 9.18 Å². The van der Waals surface area contributed by atoms with Crippen molar-refractivity contribution in [3.8, 4) is 0 Å². The summed E-state index contributed by atoms with van der Waals surface area (Å²) in [6.07, 6.45) is 2.37. The molecule has 80 valence electrons. The number of hydrogen-bond acceptors (Lipinski definition) is 1. The van der Waals surface area contributed by atoms with Crippen molar-refractivity contribution in [2.24, 2.45) is 0 Å². The summed E-state index contributed by atoms with van der Waals surface area (Å²) in [7, 11) is 0. The monoisotopic (exact) mass is 271 g/mol. The van der Waals surface area contributed by atoms with Gasteiger partial charge in [-0.25, -0.2) is 4.39 Å². The van der Waals surface area contributed by atoms with Crippen LogP contribution in [0.1, 0.15) is 19.3 Å². The third-order valence-corrected chi connectivity index (χ3v) is 3.02. The summed E-state index contributed by atoms with van der Waals surface area (Å²) in [6.45, 7) is 0.617. The molecule has 1 aromatic carbocycles. The van der Waals surface area contributed by atoms with Crippen LogP contribution >= 0.6 is 15.9 Å². The fraction of sp³-hybridized carbons (Fsp3) is 0.364. The molecule has 0 atom stereocenters. The maximum absolute atomic E-state index is 13.5. The molecule has 1 amide bonds. The molecule has 1 aliphatic heterocycles. The molecule has 0 aromatic heterocycles. The maximum Gasteiger partial charge on any atom is 0.227 e. The molecule has 1 heterocycles. The molecule has 0 saturated carbocycles. The van der Waals surface area contributed by atoms with Crippen LogP contribution < -0.4 is 4.90 Å². The first-order valence-electron chi connectivity index (χ1n) is 4.94. The molecule has 2 rings (SSSR count). The topological polar surface area (TPSA) is 20.3 Å². The Balaban J connectivity index is 2.34. The van der Waals surface area contributed by atoms with Crippen molar-refractivity contribution in [1.82, 2.24) is 0 Å². The first-order valence-corrected chi connectivity index (χ1v) is 5.73. The molecule has 0 spiro atoms. The first-order chi connectivity index (χ1) is 7.18. The van der Waals surface area contributed by atoms with E-state index in [0.29, 0.717) is 18.7 Å². The third kappa shape index (κ3) is 2.20. The van der Waals surface area contributed by atoms with Crippen LogP contribution in [0.4, 0.5) is 10.1 Å². The van der Waals surface area contributed by atoms with E-state index in [4.69, 9.17) is 0 Å². The molecule has 0 radical (unpaired) electrons. The molecule has 1 fully saturated rings. The van der Waals surface area contributed by atoms with Crippen LogP contribution in [0.5, 0.6) is 0 Å². The zero-order valence-corrected chi connectivity index (χ0v) is 9.76. The normalized spacial score (nSPS) is 16.9. The molecular formula is C11H11BrFNO. The fourth-order valence-electron chi connectivity index (χ4n) is 1.75. The minimum Gasteiger partial charge on any atom is -0.310 e. The van der Waals surface area contributed by atoms with Crippen LogP contribution in [0.25, 0.3) is 0 Å². The number of piperidine rings is 1. The highest BCUT2D eigenvalue weighted by Gasteiger charge is 2.22. The van der Waals surface area contributed by atoms with E-state index in [2.05, 4.69) is 15.9 Å². The van der Waals surface area contributed by atoms with Crippen molar-refractivity contribution in [3.05, 3.63) is 28.5 Å². The van der Waals surface area contributed by atoms with E-state index < -0.39 is 0 Å². The third-order valence-electron chi connectivity index (χ3n) is 2.52. The lowest BCUT2D eigenvalue weighted by Crippen LogP contribution is -2.35. The Hall–Kier alpha value is -0.900. The average molecular weight is 272 g/mol. The van der Waals surface area contributed by atoms with Crippen molar-refractivity contribution in [2.75, 3.05) is 11.4 Å². The zero-order chi connectivity index (χ0) is 10.8. The van der Waals surface area contributed by atoms with Crippen LogP contribution in [-0.2, 0) is 4.79 Å². The van der Waals surface area contributed by atoms with Gasteiger partial charge in [-0.15, -0.1) is 0 Å². The van der Waals surface area contributed by atoms with E-state index >= 15 is 0 Å². The predicted molar refractivity (Wildman–Crippen MR) is 60.3 cm³/mol. The van der Waals surface area contributed by atoms with Crippen LogP contribution in [0.2, 0.25) is 0 Å². The van der Waals surface area contributed by atoms with E-state index in [1.807, 2.05) is 0 Å². The number of nitrogens with zero attached hydrogens (tertiary/aromatic N) is 1. The number of carbonyl (C=O) groups excluding carboxylic acids is 1. The molecule has 15 heavy (non-hydrogen) atoms. The molecule has 4 heteroatoms. The quantitative estimate of drug-likeness (QED) is 0.769. The van der Waals surface area contributed by atoms with E-state index in [0.717, 1.165) is 17.3 Å². The Morgan fingerprint density at radius 1 is 1.33 bits per heavy atom. The number of hydrogen-bond donors (Lipinski definition) is 0. The standard InChI is InChI=1S/C11H11BrFNO/c12-8-4-5-9(13)10(7-8)14-6-2-1-3-11(14)15/h4-5,7H,1-3,6H2. The van der Waals surface area contributed by atoms with Crippen LogP contribution in [0.15, 0.2) is 22.7 Å². The van der Waals surface area contributed by atoms with Gasteiger partial charge in [-0.05, 0) is 31.0 Å². The summed E-state index contributed by atoms with van der Waals surface area (Å²) in [5, 5.41) is 0. The van der Waals surface area contributed by atoms with E-state index in [1.165, 1.54) is 11.0 Å². The number of benzene rings is 1. The minimum absolute atomic E-state index is 0.0123. The van der Waals surface area contributed by atoms with Crippen molar-refractivity contribution in [3.63, 3.8) is 0 Å². The molecule has 2 nitrogen and oxygen atoms in total. The second-order valence-electron chi connectivity index (χ2n) is 3.60. The zero-order valence-electron chi connectivity index (χ0n) is 8.17. The summed E-state index contributed by atoms with van der Waals surface area (Å²) >= 11 is 3.28. The van der Waals surface area contributed by atoms with Crippen LogP contribution in [-0.4, -0.2) is 12.5 Å². The fourth-order valence-corrected chi connectivity index (χ4v) is 2.10. The van der Waals surface area contributed by atoms with Gasteiger partial charge in [0.15, 0.2) is 0 Å². The van der Waals surface area contributed by atoms with E-state index in [9.17, 15) is 9.18 Å². The molecule has 0 N–H and O–H groups in total. The number of amides is 1. The molecule has 1 aliphatic rings. The van der Waals surface area contributed by atoms with Gasteiger partial charge in [-0.2, -0.15) is 0 Å². The van der Waals surface area contributed by atoms with Crippen molar-refractivity contribution >= 4 is 27.5 Å². The summed E-state index contributed by atoms with van der Waals surface area (Å²) in [4.78, 5) is 13.1. The Bertz CT molecular complexity index is 394. The molecule has 0 unspecified atom stereocenters. The molecular weight excluding hydrogens is 261 g/mol. The lowest BCUT2D eigenvalue weighted by molar-refractivity contribution is -0.119. The summed E-state index contributed by atoms with van der Waals surface area (Å²) in [5.74, 6) is -0.327. The van der Waals surface area contributed by atoms with Crippen molar-refractivity contribution in [2.45, 2.75) is 19.3 Å². The van der Waals surface area contributed by atoms with Crippen LogP contribution in [0, 0.1) is 5.82 Å². The van der Waals surface area contributed by atoms with Gasteiger partial charge in [-0.3, -0.25) is 4.79 Å². The number of carbonyl (C=O) groups is 1. The Morgan fingerprint density at radius 2 is 2.13 bits per heavy atom. The number of rotatable bonds is 1. The minimum atomic E-state index is -0.339. The van der Waals surface area contributed by atoms with Crippen molar-refractivity contribution in [1.29, 1.82) is 0 Å². The summed E-state index contributed by atoms with van der Waals surface area (Å²) in [5.41, 5.74) is 0.383. The SMILES string of the molecule is O=C1CCCCN1c1cc(Br)ccc1F. The predicted octanol–water partition coefficient (Wildman–Crippen LogP) is 3.11. The molecule has 1 saturated heterocycles. The molecule has 1 aromatic rings. The molecule has 0 bridgehead atoms. The highest BCUT2D eigenvalue weighted by atomic mass is 79.9. The number of anilines is 1. The lowest BCUT2D eigenvalue weighted by atomic mass is 10.1. The van der Waals surface area contributed by atoms with E-state index in [-0.39, 0.29) is 11.7 Å². The Morgan fingerprint density at radius 3 is 2.87 bits per heavy atom. The highest BCUT2D eigenvalue weighted by molar-refractivity contribution is 9.10. The van der Waals surface area contributed by atoms with Gasteiger partial charge in [0.05, 0.1) is 5.69 Å². The van der Waals surface area contributed by atoms with Gasteiger partial charge < -0.3 is 4.90 Å². The highest BCUT2D eigenvalue weighted by Crippen LogP contribution is 2.27. The lowest BCUT2D eigenvalue weighted by Gasteiger charge is -2.27. The Labute approximate surface area is 96.2 Å². The number of halogens is 2. The van der Waals surface area contributed by atoms with Crippen LogP contribution in [0.3, 0.4) is 0 Å². The molecule has 0 aliphatic carbocycles.